The summed E-state index contributed by atoms with van der Waals surface area (Å²) in [5.74, 6) is -0.124. The van der Waals surface area contributed by atoms with E-state index in [2.05, 4.69) is 11.8 Å². The molecule has 1 saturated heterocycles. The van der Waals surface area contributed by atoms with E-state index in [9.17, 15) is 4.39 Å². The van der Waals surface area contributed by atoms with Gasteiger partial charge in [0.2, 0.25) is 0 Å². The van der Waals surface area contributed by atoms with Crippen molar-refractivity contribution in [2.75, 3.05) is 6.54 Å². The molecule has 1 heterocycles. The number of hydrogen-bond acceptors (Lipinski definition) is 2. The van der Waals surface area contributed by atoms with E-state index >= 15 is 0 Å². The van der Waals surface area contributed by atoms with Crippen molar-refractivity contribution in [1.82, 2.24) is 4.90 Å². The van der Waals surface area contributed by atoms with E-state index in [-0.39, 0.29) is 5.82 Å². The molecular weight excluding hydrogens is 227 g/mol. The van der Waals surface area contributed by atoms with E-state index in [1.54, 1.807) is 6.07 Å². The van der Waals surface area contributed by atoms with Gasteiger partial charge in [-0.25, -0.2) is 4.39 Å². The van der Waals surface area contributed by atoms with Crippen LogP contribution in [0.15, 0.2) is 18.2 Å². The Labute approximate surface area is 109 Å². The number of benzene rings is 1. The first-order chi connectivity index (χ1) is 8.61. The smallest absolute Gasteiger partial charge is 0.126 e. The average molecular weight is 250 g/mol. The van der Waals surface area contributed by atoms with Crippen molar-refractivity contribution in [3.05, 3.63) is 35.1 Å². The number of nitrogens with zero attached hydrogens (tertiary/aromatic N) is 1. The van der Waals surface area contributed by atoms with E-state index in [0.717, 1.165) is 12.1 Å². The number of aryl methyl sites for hydroxylation is 1. The van der Waals surface area contributed by atoms with Gasteiger partial charge >= 0.3 is 0 Å². The van der Waals surface area contributed by atoms with Crippen molar-refractivity contribution < 1.29 is 4.39 Å². The number of nitrogens with two attached hydrogens (primary N) is 1. The lowest BCUT2D eigenvalue weighted by Crippen LogP contribution is -2.48. The SMILES string of the molecule is Cc1cc(CN2C(C)CCCC2CN)ccc1F. The summed E-state index contributed by atoms with van der Waals surface area (Å²) >= 11 is 0. The van der Waals surface area contributed by atoms with Gasteiger partial charge in [-0.1, -0.05) is 18.6 Å². The molecule has 1 fully saturated rings. The molecule has 2 rings (SSSR count). The largest absolute Gasteiger partial charge is 0.329 e. The normalized spacial score (nSPS) is 25.3. The van der Waals surface area contributed by atoms with Crippen LogP contribution in [0.2, 0.25) is 0 Å². The number of hydrogen-bond donors (Lipinski definition) is 1. The summed E-state index contributed by atoms with van der Waals surface area (Å²) in [6, 6.07) is 6.44. The molecule has 18 heavy (non-hydrogen) atoms. The van der Waals surface area contributed by atoms with E-state index in [0.29, 0.717) is 18.6 Å². The van der Waals surface area contributed by atoms with Gasteiger partial charge in [-0.3, -0.25) is 4.90 Å². The number of halogens is 1. The summed E-state index contributed by atoms with van der Waals surface area (Å²) in [5, 5.41) is 0. The molecule has 1 aromatic rings. The van der Waals surface area contributed by atoms with Crippen LogP contribution in [-0.2, 0) is 6.54 Å². The minimum atomic E-state index is -0.124. The molecule has 0 spiro atoms. The van der Waals surface area contributed by atoms with Gasteiger partial charge in [0.1, 0.15) is 5.82 Å². The van der Waals surface area contributed by atoms with Crippen LogP contribution >= 0.6 is 0 Å². The van der Waals surface area contributed by atoms with Crippen molar-refractivity contribution in [2.45, 2.75) is 51.7 Å². The minimum absolute atomic E-state index is 0.124. The standard InChI is InChI=1S/C15H23FN2/c1-11-8-13(6-7-15(11)16)10-18-12(2)4-3-5-14(18)9-17/h6-8,12,14H,3-5,9-10,17H2,1-2H3. The van der Waals surface area contributed by atoms with Gasteiger partial charge in [0.15, 0.2) is 0 Å². The third kappa shape index (κ3) is 2.90. The Morgan fingerprint density at radius 2 is 2.17 bits per heavy atom. The van der Waals surface area contributed by atoms with Gasteiger partial charge in [-0.05, 0) is 43.9 Å². The molecule has 0 aromatic heterocycles. The van der Waals surface area contributed by atoms with E-state index < -0.39 is 0 Å². The fraction of sp³-hybridized carbons (Fsp3) is 0.600. The quantitative estimate of drug-likeness (QED) is 0.894. The fourth-order valence-corrected chi connectivity index (χ4v) is 2.89. The third-order valence-electron chi connectivity index (χ3n) is 4.05. The Morgan fingerprint density at radius 3 is 2.83 bits per heavy atom. The summed E-state index contributed by atoms with van der Waals surface area (Å²) in [6.07, 6.45) is 3.68. The van der Waals surface area contributed by atoms with Crippen LogP contribution in [-0.4, -0.2) is 23.5 Å². The highest BCUT2D eigenvalue weighted by Gasteiger charge is 2.26. The Bertz CT molecular complexity index is 405. The Balaban J connectivity index is 2.12. The molecule has 1 aliphatic heterocycles. The highest BCUT2D eigenvalue weighted by molar-refractivity contribution is 5.24. The van der Waals surface area contributed by atoms with Crippen molar-refractivity contribution >= 4 is 0 Å². The Morgan fingerprint density at radius 1 is 1.39 bits per heavy atom. The number of piperidine rings is 1. The summed E-state index contributed by atoms with van der Waals surface area (Å²) in [5.41, 5.74) is 7.77. The zero-order valence-electron chi connectivity index (χ0n) is 11.3. The molecule has 3 heteroatoms. The van der Waals surface area contributed by atoms with Crippen LogP contribution in [0.5, 0.6) is 0 Å². The second kappa shape index (κ2) is 5.81. The van der Waals surface area contributed by atoms with Crippen molar-refractivity contribution in [1.29, 1.82) is 0 Å². The maximum absolute atomic E-state index is 13.3. The maximum atomic E-state index is 13.3. The zero-order valence-corrected chi connectivity index (χ0v) is 11.3. The molecule has 0 amide bonds. The van der Waals surface area contributed by atoms with Crippen molar-refractivity contribution in [3.8, 4) is 0 Å². The van der Waals surface area contributed by atoms with Gasteiger partial charge in [-0.2, -0.15) is 0 Å². The molecule has 2 nitrogen and oxygen atoms in total. The van der Waals surface area contributed by atoms with Crippen molar-refractivity contribution in [3.63, 3.8) is 0 Å². The van der Waals surface area contributed by atoms with E-state index in [1.165, 1.54) is 24.8 Å². The molecule has 2 atom stereocenters. The lowest BCUT2D eigenvalue weighted by molar-refractivity contribution is 0.0892. The first-order valence-electron chi connectivity index (χ1n) is 6.82. The fourth-order valence-electron chi connectivity index (χ4n) is 2.89. The van der Waals surface area contributed by atoms with Gasteiger partial charge < -0.3 is 5.73 Å². The minimum Gasteiger partial charge on any atom is -0.329 e. The number of likely N-dealkylation sites (tertiary alicyclic amines) is 1. The van der Waals surface area contributed by atoms with Gasteiger partial charge in [0.25, 0.3) is 0 Å². The second-order valence-electron chi connectivity index (χ2n) is 5.43. The molecule has 1 aliphatic rings. The van der Waals surface area contributed by atoms with Crippen LogP contribution < -0.4 is 5.73 Å². The van der Waals surface area contributed by atoms with Crippen LogP contribution in [0.4, 0.5) is 4.39 Å². The van der Waals surface area contributed by atoms with Crippen LogP contribution in [0.1, 0.15) is 37.3 Å². The predicted octanol–water partition coefficient (Wildman–Crippen LogP) is 2.84. The highest BCUT2D eigenvalue weighted by Crippen LogP contribution is 2.24. The monoisotopic (exact) mass is 250 g/mol. The second-order valence-corrected chi connectivity index (χ2v) is 5.43. The molecule has 0 bridgehead atoms. The first-order valence-corrected chi connectivity index (χ1v) is 6.82. The van der Waals surface area contributed by atoms with Crippen molar-refractivity contribution in [2.24, 2.45) is 5.73 Å². The van der Waals surface area contributed by atoms with Crippen LogP contribution in [0.25, 0.3) is 0 Å². The Hall–Kier alpha value is -0.930. The van der Waals surface area contributed by atoms with Crippen LogP contribution in [0, 0.1) is 12.7 Å². The zero-order chi connectivity index (χ0) is 13.1. The lowest BCUT2D eigenvalue weighted by atomic mass is 9.95. The molecule has 0 saturated carbocycles. The molecule has 1 aromatic carbocycles. The van der Waals surface area contributed by atoms with E-state index in [4.69, 9.17) is 5.73 Å². The van der Waals surface area contributed by atoms with Crippen LogP contribution in [0.3, 0.4) is 0 Å². The third-order valence-corrected chi connectivity index (χ3v) is 4.05. The Kier molecular flexibility index (Phi) is 4.36. The summed E-state index contributed by atoms with van der Waals surface area (Å²) in [6.45, 7) is 5.67. The molecule has 100 valence electrons. The predicted molar refractivity (Wildman–Crippen MR) is 72.8 cm³/mol. The van der Waals surface area contributed by atoms with Gasteiger partial charge in [0.05, 0.1) is 0 Å². The molecular formula is C15H23FN2. The highest BCUT2D eigenvalue weighted by atomic mass is 19.1. The summed E-state index contributed by atoms with van der Waals surface area (Å²) < 4.78 is 13.3. The molecule has 0 aliphatic carbocycles. The summed E-state index contributed by atoms with van der Waals surface area (Å²) in [7, 11) is 0. The van der Waals surface area contributed by atoms with Gasteiger partial charge in [-0.15, -0.1) is 0 Å². The number of rotatable bonds is 3. The lowest BCUT2D eigenvalue weighted by Gasteiger charge is -2.40. The average Bonchev–Trinajstić information content (AvgIpc) is 2.36. The molecule has 2 unspecified atom stereocenters. The van der Waals surface area contributed by atoms with Gasteiger partial charge in [0, 0.05) is 25.2 Å². The molecule has 2 N–H and O–H groups in total. The maximum Gasteiger partial charge on any atom is 0.126 e. The summed E-state index contributed by atoms with van der Waals surface area (Å²) in [4.78, 5) is 2.47. The molecule has 0 radical (unpaired) electrons. The van der Waals surface area contributed by atoms with E-state index in [1.807, 2.05) is 19.1 Å². The topological polar surface area (TPSA) is 29.3 Å². The first kappa shape index (κ1) is 13.5.